The van der Waals surface area contributed by atoms with Gasteiger partial charge in [-0.05, 0) is 50.6 Å². The molecule has 1 aromatic heterocycles. The van der Waals surface area contributed by atoms with Gasteiger partial charge in [0.2, 0.25) is 0 Å². The predicted molar refractivity (Wildman–Crippen MR) is 73.5 cm³/mol. The summed E-state index contributed by atoms with van der Waals surface area (Å²) in [5.74, 6) is 0. The normalized spacial score (nSPS) is 28.2. The first-order valence-electron chi connectivity index (χ1n) is 6.86. The van der Waals surface area contributed by atoms with Crippen molar-refractivity contribution in [3.05, 3.63) is 22.4 Å². The van der Waals surface area contributed by atoms with Crippen LogP contribution in [-0.4, -0.2) is 30.1 Å². The third-order valence-corrected chi connectivity index (χ3v) is 5.05. The van der Waals surface area contributed by atoms with E-state index in [-0.39, 0.29) is 0 Å². The lowest BCUT2D eigenvalue weighted by molar-refractivity contribution is 0.147. The molecule has 1 aliphatic carbocycles. The van der Waals surface area contributed by atoms with Gasteiger partial charge in [0, 0.05) is 29.5 Å². The molecule has 17 heavy (non-hydrogen) atoms. The Balaban J connectivity index is 1.58. The number of likely N-dealkylation sites (tertiary alicyclic amines) is 1. The van der Waals surface area contributed by atoms with E-state index in [4.69, 9.17) is 0 Å². The maximum Gasteiger partial charge on any atom is 0.0413 e. The van der Waals surface area contributed by atoms with E-state index in [1.54, 1.807) is 0 Å². The molecule has 1 saturated carbocycles. The fourth-order valence-corrected chi connectivity index (χ4v) is 3.60. The molecular weight excluding hydrogens is 228 g/mol. The van der Waals surface area contributed by atoms with E-state index >= 15 is 0 Å². The maximum absolute atomic E-state index is 3.78. The van der Waals surface area contributed by atoms with E-state index < -0.39 is 0 Å². The molecule has 3 rings (SSSR count). The summed E-state index contributed by atoms with van der Waals surface area (Å²) in [5, 5.41) is 5.97. The first kappa shape index (κ1) is 11.7. The van der Waals surface area contributed by atoms with Gasteiger partial charge in [-0.1, -0.05) is 6.07 Å². The van der Waals surface area contributed by atoms with Crippen molar-refractivity contribution >= 4 is 11.3 Å². The van der Waals surface area contributed by atoms with Crippen LogP contribution in [-0.2, 0) is 0 Å². The van der Waals surface area contributed by atoms with Crippen molar-refractivity contribution in [2.45, 2.75) is 50.7 Å². The van der Waals surface area contributed by atoms with Crippen molar-refractivity contribution < 1.29 is 0 Å². The van der Waals surface area contributed by atoms with Gasteiger partial charge in [0.15, 0.2) is 0 Å². The van der Waals surface area contributed by atoms with Crippen LogP contribution in [0.1, 0.15) is 43.5 Å². The Morgan fingerprint density at radius 1 is 1.35 bits per heavy atom. The van der Waals surface area contributed by atoms with Gasteiger partial charge in [0.25, 0.3) is 0 Å². The minimum atomic E-state index is 0.596. The SMILES string of the molecule is CC(c1cccs1)N1CCCC(NC2CC2)C1. The van der Waals surface area contributed by atoms with E-state index in [0.717, 1.165) is 12.1 Å². The molecule has 0 amide bonds. The summed E-state index contributed by atoms with van der Waals surface area (Å²) in [6.45, 7) is 4.85. The lowest BCUT2D eigenvalue weighted by atomic mass is 10.0. The molecule has 1 saturated heterocycles. The van der Waals surface area contributed by atoms with Crippen molar-refractivity contribution in [2.24, 2.45) is 0 Å². The molecule has 2 fully saturated rings. The second-order valence-corrected chi connectivity index (χ2v) is 6.45. The summed E-state index contributed by atoms with van der Waals surface area (Å²) in [7, 11) is 0. The predicted octanol–water partition coefficient (Wildman–Crippen LogP) is 3.03. The Morgan fingerprint density at radius 3 is 2.94 bits per heavy atom. The highest BCUT2D eigenvalue weighted by Gasteiger charge is 2.29. The van der Waals surface area contributed by atoms with E-state index in [1.807, 2.05) is 11.3 Å². The van der Waals surface area contributed by atoms with Gasteiger partial charge in [-0.3, -0.25) is 4.90 Å². The summed E-state index contributed by atoms with van der Waals surface area (Å²) >= 11 is 1.89. The second kappa shape index (κ2) is 5.09. The molecule has 2 atom stereocenters. The molecule has 2 nitrogen and oxygen atoms in total. The standard InChI is InChI=1S/C14H22N2S/c1-11(14-5-3-9-17-14)16-8-2-4-13(10-16)15-12-6-7-12/h3,5,9,11-13,15H,2,4,6-8,10H2,1H3. The quantitative estimate of drug-likeness (QED) is 0.883. The molecule has 2 heterocycles. The van der Waals surface area contributed by atoms with Crippen LogP contribution in [0.25, 0.3) is 0 Å². The molecule has 3 heteroatoms. The number of piperidine rings is 1. The Labute approximate surface area is 108 Å². The summed E-state index contributed by atoms with van der Waals surface area (Å²) in [6, 6.07) is 6.61. The Hall–Kier alpha value is -0.380. The van der Waals surface area contributed by atoms with Crippen LogP contribution in [0.2, 0.25) is 0 Å². The molecule has 2 aliphatic rings. The molecular formula is C14H22N2S. The fraction of sp³-hybridized carbons (Fsp3) is 0.714. The zero-order chi connectivity index (χ0) is 11.7. The van der Waals surface area contributed by atoms with E-state index in [9.17, 15) is 0 Å². The zero-order valence-electron chi connectivity index (χ0n) is 10.6. The lowest BCUT2D eigenvalue weighted by Crippen LogP contribution is -2.47. The highest BCUT2D eigenvalue weighted by atomic mass is 32.1. The molecule has 1 aliphatic heterocycles. The highest BCUT2D eigenvalue weighted by Crippen LogP contribution is 2.28. The minimum absolute atomic E-state index is 0.596. The molecule has 1 aromatic rings. The van der Waals surface area contributed by atoms with E-state index in [1.165, 1.54) is 43.6 Å². The lowest BCUT2D eigenvalue weighted by Gasteiger charge is -2.37. The van der Waals surface area contributed by atoms with Crippen molar-refractivity contribution in [1.29, 1.82) is 0 Å². The van der Waals surface area contributed by atoms with Gasteiger partial charge in [0.05, 0.1) is 0 Å². The Morgan fingerprint density at radius 2 is 2.24 bits per heavy atom. The largest absolute Gasteiger partial charge is 0.310 e. The van der Waals surface area contributed by atoms with Gasteiger partial charge in [-0.15, -0.1) is 11.3 Å². The average molecular weight is 250 g/mol. The molecule has 2 unspecified atom stereocenters. The van der Waals surface area contributed by atoms with Gasteiger partial charge in [-0.2, -0.15) is 0 Å². The molecule has 0 aromatic carbocycles. The summed E-state index contributed by atoms with van der Waals surface area (Å²) < 4.78 is 0. The number of thiophene rings is 1. The smallest absolute Gasteiger partial charge is 0.0413 e. The van der Waals surface area contributed by atoms with Gasteiger partial charge in [0.1, 0.15) is 0 Å². The second-order valence-electron chi connectivity index (χ2n) is 5.47. The first-order chi connectivity index (χ1) is 8.33. The Kier molecular flexibility index (Phi) is 3.50. The van der Waals surface area contributed by atoms with Crippen LogP contribution in [0, 0.1) is 0 Å². The van der Waals surface area contributed by atoms with Crippen LogP contribution in [0.5, 0.6) is 0 Å². The van der Waals surface area contributed by atoms with Gasteiger partial charge in [-0.25, -0.2) is 0 Å². The van der Waals surface area contributed by atoms with E-state index in [2.05, 4.69) is 34.7 Å². The molecule has 0 bridgehead atoms. The zero-order valence-corrected chi connectivity index (χ0v) is 11.4. The van der Waals surface area contributed by atoms with Crippen LogP contribution < -0.4 is 5.32 Å². The van der Waals surface area contributed by atoms with Crippen LogP contribution in [0.4, 0.5) is 0 Å². The van der Waals surface area contributed by atoms with Crippen molar-refractivity contribution in [1.82, 2.24) is 10.2 Å². The Bertz CT molecular complexity index is 345. The molecule has 0 spiro atoms. The van der Waals surface area contributed by atoms with Crippen LogP contribution in [0.3, 0.4) is 0 Å². The minimum Gasteiger partial charge on any atom is -0.310 e. The summed E-state index contributed by atoms with van der Waals surface area (Å²) in [4.78, 5) is 4.16. The summed E-state index contributed by atoms with van der Waals surface area (Å²) in [6.07, 6.45) is 5.51. The highest BCUT2D eigenvalue weighted by molar-refractivity contribution is 7.10. The molecule has 0 radical (unpaired) electrons. The monoisotopic (exact) mass is 250 g/mol. The third kappa shape index (κ3) is 2.90. The van der Waals surface area contributed by atoms with Crippen LogP contribution in [0.15, 0.2) is 17.5 Å². The average Bonchev–Trinajstić information content (AvgIpc) is 2.99. The number of rotatable bonds is 4. The molecule has 1 N–H and O–H groups in total. The van der Waals surface area contributed by atoms with Crippen molar-refractivity contribution in [3.8, 4) is 0 Å². The third-order valence-electron chi connectivity index (χ3n) is 4.00. The number of nitrogens with one attached hydrogen (secondary N) is 1. The fourth-order valence-electron chi connectivity index (χ4n) is 2.79. The number of hydrogen-bond acceptors (Lipinski definition) is 3. The number of nitrogens with zero attached hydrogens (tertiary/aromatic N) is 1. The van der Waals surface area contributed by atoms with Crippen molar-refractivity contribution in [3.63, 3.8) is 0 Å². The maximum atomic E-state index is 3.78. The summed E-state index contributed by atoms with van der Waals surface area (Å²) in [5.41, 5.74) is 0. The van der Waals surface area contributed by atoms with Gasteiger partial charge >= 0.3 is 0 Å². The van der Waals surface area contributed by atoms with Crippen LogP contribution >= 0.6 is 11.3 Å². The molecule has 94 valence electrons. The topological polar surface area (TPSA) is 15.3 Å². The number of hydrogen-bond donors (Lipinski definition) is 1. The first-order valence-corrected chi connectivity index (χ1v) is 7.74. The van der Waals surface area contributed by atoms with E-state index in [0.29, 0.717) is 6.04 Å². The van der Waals surface area contributed by atoms with Crippen molar-refractivity contribution in [2.75, 3.05) is 13.1 Å². The van der Waals surface area contributed by atoms with Gasteiger partial charge < -0.3 is 5.32 Å².